The number of hydrogen-bond donors (Lipinski definition) is 1. The molecule has 1 aromatic rings. The van der Waals surface area contributed by atoms with Gasteiger partial charge in [0.15, 0.2) is 0 Å². The molecule has 10 heteroatoms. The number of hydrogen-bond acceptors (Lipinski definition) is 5. The lowest BCUT2D eigenvalue weighted by molar-refractivity contribution is 0.222. The molecule has 0 unspecified atom stereocenters. The van der Waals surface area contributed by atoms with Gasteiger partial charge in [0.05, 0.1) is 10.8 Å². The van der Waals surface area contributed by atoms with Crippen molar-refractivity contribution < 1.29 is 16.8 Å². The van der Waals surface area contributed by atoms with E-state index in [1.54, 1.807) is 12.1 Å². The highest BCUT2D eigenvalue weighted by molar-refractivity contribution is 7.90. The first-order valence-electron chi connectivity index (χ1n) is 7.13. The van der Waals surface area contributed by atoms with E-state index < -0.39 is 20.0 Å². The maximum atomic E-state index is 12.2. The van der Waals surface area contributed by atoms with Crippen molar-refractivity contribution in [2.45, 2.75) is 4.90 Å². The van der Waals surface area contributed by atoms with Crippen LogP contribution in [0.25, 0.3) is 0 Å². The molecular weight excluding hydrogens is 362 g/mol. The molecule has 1 fully saturated rings. The maximum absolute atomic E-state index is 12.2. The molecule has 1 N–H and O–H groups in total. The normalized spacial score (nSPS) is 18.2. The molecule has 0 radical (unpaired) electrons. The Morgan fingerprint density at radius 1 is 1.09 bits per heavy atom. The van der Waals surface area contributed by atoms with Gasteiger partial charge in [-0.25, -0.2) is 21.6 Å². The second-order valence-corrected chi connectivity index (χ2v) is 9.58. The highest BCUT2D eigenvalue weighted by atomic mass is 35.5. The van der Waals surface area contributed by atoms with Crippen molar-refractivity contribution in [1.82, 2.24) is 13.9 Å². The molecule has 130 valence electrons. The fourth-order valence-corrected chi connectivity index (χ4v) is 5.26. The number of benzene rings is 1. The Labute approximate surface area is 142 Å². The van der Waals surface area contributed by atoms with Crippen molar-refractivity contribution in [1.29, 1.82) is 0 Å². The van der Waals surface area contributed by atoms with Crippen molar-refractivity contribution in [3.63, 3.8) is 0 Å². The zero-order valence-electron chi connectivity index (χ0n) is 12.8. The van der Waals surface area contributed by atoms with Gasteiger partial charge in [-0.2, -0.15) is 4.31 Å². The molecule has 1 aromatic carbocycles. The quantitative estimate of drug-likeness (QED) is 0.760. The first-order chi connectivity index (χ1) is 10.7. The Hall–Kier alpha value is -0.710. The third-order valence-corrected chi connectivity index (χ3v) is 7.47. The Bertz CT molecular complexity index is 744. The molecule has 1 aliphatic rings. The summed E-state index contributed by atoms with van der Waals surface area (Å²) in [5, 5.41) is 0.0990. The van der Waals surface area contributed by atoms with E-state index in [1.807, 2.05) is 11.9 Å². The van der Waals surface area contributed by atoms with Crippen LogP contribution in [0.1, 0.15) is 0 Å². The average Bonchev–Trinajstić information content (AvgIpc) is 2.47. The summed E-state index contributed by atoms with van der Waals surface area (Å²) in [7, 11) is -5.37. The van der Waals surface area contributed by atoms with Gasteiger partial charge in [-0.1, -0.05) is 23.7 Å². The van der Waals surface area contributed by atoms with Crippen LogP contribution in [-0.4, -0.2) is 71.6 Å². The van der Waals surface area contributed by atoms with E-state index in [0.29, 0.717) is 26.2 Å². The predicted molar refractivity (Wildman–Crippen MR) is 89.5 cm³/mol. The largest absolute Gasteiger partial charge is 0.304 e. The van der Waals surface area contributed by atoms with Crippen LogP contribution < -0.4 is 4.72 Å². The molecule has 1 heterocycles. The van der Waals surface area contributed by atoms with Gasteiger partial charge in [0.2, 0.25) is 20.0 Å². The number of rotatable bonds is 6. The van der Waals surface area contributed by atoms with E-state index in [1.165, 1.54) is 16.4 Å². The Kier molecular flexibility index (Phi) is 6.04. The summed E-state index contributed by atoms with van der Waals surface area (Å²) in [5.41, 5.74) is 0. The summed E-state index contributed by atoms with van der Waals surface area (Å²) in [6, 6.07) is 6.03. The molecule has 7 nitrogen and oxygen atoms in total. The van der Waals surface area contributed by atoms with Crippen LogP contribution in [0.3, 0.4) is 0 Å². The molecule has 0 amide bonds. The van der Waals surface area contributed by atoms with Gasteiger partial charge in [-0.3, -0.25) is 0 Å². The van der Waals surface area contributed by atoms with Gasteiger partial charge in [0.1, 0.15) is 4.90 Å². The summed E-state index contributed by atoms with van der Waals surface area (Å²) in [4.78, 5) is 1.99. The second-order valence-electron chi connectivity index (χ2n) is 5.35. The van der Waals surface area contributed by atoms with Crippen molar-refractivity contribution in [3.05, 3.63) is 29.3 Å². The number of piperazine rings is 1. The number of likely N-dealkylation sites (N-methyl/N-ethyl adjacent to an activating group) is 1. The van der Waals surface area contributed by atoms with E-state index >= 15 is 0 Å². The minimum atomic E-state index is -3.83. The molecule has 23 heavy (non-hydrogen) atoms. The summed E-state index contributed by atoms with van der Waals surface area (Å²) in [6.45, 7) is 2.00. The van der Waals surface area contributed by atoms with E-state index in [9.17, 15) is 16.8 Å². The molecule has 1 saturated heterocycles. The van der Waals surface area contributed by atoms with E-state index in [4.69, 9.17) is 11.6 Å². The maximum Gasteiger partial charge on any atom is 0.242 e. The molecule has 0 spiro atoms. The highest BCUT2D eigenvalue weighted by Crippen LogP contribution is 2.20. The Morgan fingerprint density at radius 2 is 1.70 bits per heavy atom. The first kappa shape index (κ1) is 18.6. The topological polar surface area (TPSA) is 86.8 Å². The van der Waals surface area contributed by atoms with Crippen molar-refractivity contribution >= 4 is 31.6 Å². The summed E-state index contributed by atoms with van der Waals surface area (Å²) in [5.74, 6) is -0.277. The van der Waals surface area contributed by atoms with Crippen molar-refractivity contribution in [2.75, 3.05) is 45.5 Å². The number of nitrogens with one attached hydrogen (secondary N) is 1. The lowest BCUT2D eigenvalue weighted by Gasteiger charge is -2.31. The number of sulfonamides is 2. The second kappa shape index (κ2) is 7.45. The molecule has 0 atom stereocenters. The zero-order valence-corrected chi connectivity index (χ0v) is 15.2. The third-order valence-electron chi connectivity index (χ3n) is 3.63. The van der Waals surface area contributed by atoms with Crippen LogP contribution in [-0.2, 0) is 20.0 Å². The Morgan fingerprint density at radius 3 is 2.30 bits per heavy atom. The lowest BCUT2D eigenvalue weighted by Crippen LogP contribution is -2.48. The van der Waals surface area contributed by atoms with Crippen molar-refractivity contribution in [3.8, 4) is 0 Å². The van der Waals surface area contributed by atoms with Gasteiger partial charge in [0.25, 0.3) is 0 Å². The predicted octanol–water partition coefficient (Wildman–Crippen LogP) is 0.196. The minimum Gasteiger partial charge on any atom is -0.304 e. The van der Waals surface area contributed by atoms with Crippen LogP contribution in [0.2, 0.25) is 5.02 Å². The molecule has 0 bridgehead atoms. The van der Waals surface area contributed by atoms with Crippen LogP contribution >= 0.6 is 11.6 Å². The summed E-state index contributed by atoms with van der Waals surface area (Å²) in [6.07, 6.45) is 0. The van der Waals surface area contributed by atoms with Crippen LogP contribution in [0.4, 0.5) is 0 Å². The minimum absolute atomic E-state index is 0.0568. The van der Waals surface area contributed by atoms with Gasteiger partial charge in [-0.05, 0) is 19.2 Å². The molecule has 0 aliphatic carbocycles. The van der Waals surface area contributed by atoms with E-state index in [2.05, 4.69) is 4.72 Å². The zero-order chi connectivity index (χ0) is 17.1. The molecular formula is C13H20ClN3O4S2. The number of halogens is 1. The van der Waals surface area contributed by atoms with Crippen LogP contribution in [0, 0.1) is 0 Å². The van der Waals surface area contributed by atoms with E-state index in [-0.39, 0.29) is 22.2 Å². The van der Waals surface area contributed by atoms with Gasteiger partial charge in [0, 0.05) is 32.7 Å². The smallest absolute Gasteiger partial charge is 0.242 e. The first-order valence-corrected chi connectivity index (χ1v) is 10.6. The fourth-order valence-electron chi connectivity index (χ4n) is 2.24. The summed E-state index contributed by atoms with van der Waals surface area (Å²) >= 11 is 5.86. The van der Waals surface area contributed by atoms with Crippen LogP contribution in [0.5, 0.6) is 0 Å². The average molecular weight is 382 g/mol. The Balaban J connectivity index is 1.95. The standard InChI is InChI=1S/C13H20ClN3O4S2/c1-16-7-9-17(10-8-16)22(18,19)11-6-15-23(20,21)13-5-3-2-4-12(13)14/h2-5,15H,6-11H2,1H3. The van der Waals surface area contributed by atoms with E-state index in [0.717, 1.165) is 0 Å². The third kappa shape index (κ3) is 4.88. The highest BCUT2D eigenvalue weighted by Gasteiger charge is 2.26. The number of nitrogens with zero attached hydrogens (tertiary/aromatic N) is 2. The molecule has 0 saturated carbocycles. The lowest BCUT2D eigenvalue weighted by atomic mass is 10.4. The van der Waals surface area contributed by atoms with Gasteiger partial charge >= 0.3 is 0 Å². The van der Waals surface area contributed by atoms with Gasteiger partial charge in [-0.15, -0.1) is 0 Å². The van der Waals surface area contributed by atoms with Crippen molar-refractivity contribution in [2.24, 2.45) is 0 Å². The SMILES string of the molecule is CN1CCN(S(=O)(=O)CCNS(=O)(=O)c2ccccc2Cl)CC1. The van der Waals surface area contributed by atoms with Gasteiger partial charge < -0.3 is 4.90 Å². The monoisotopic (exact) mass is 381 g/mol. The molecule has 2 rings (SSSR count). The molecule has 0 aromatic heterocycles. The summed E-state index contributed by atoms with van der Waals surface area (Å²) < 4.78 is 52.4. The molecule has 1 aliphatic heterocycles. The fraction of sp³-hybridized carbons (Fsp3) is 0.538. The van der Waals surface area contributed by atoms with Crippen LogP contribution in [0.15, 0.2) is 29.2 Å².